The maximum Gasteiger partial charge on any atom is 0.146 e. The van der Waals surface area contributed by atoms with Gasteiger partial charge < -0.3 is 10.2 Å². The molecule has 0 spiro atoms. The summed E-state index contributed by atoms with van der Waals surface area (Å²) in [4.78, 5) is 2.14. The Kier molecular flexibility index (Phi) is 3.46. The zero-order chi connectivity index (χ0) is 12.6. The van der Waals surface area contributed by atoms with Gasteiger partial charge >= 0.3 is 0 Å². The third kappa shape index (κ3) is 2.80. The topological polar surface area (TPSA) is 15.3 Å². The van der Waals surface area contributed by atoms with Crippen molar-refractivity contribution in [3.8, 4) is 0 Å². The summed E-state index contributed by atoms with van der Waals surface area (Å²) in [5, 5.41) is 3.47. The van der Waals surface area contributed by atoms with E-state index in [9.17, 15) is 4.39 Å². The van der Waals surface area contributed by atoms with E-state index in [1.165, 1.54) is 6.07 Å². The molecular weight excluding hydrogens is 283 g/mol. The van der Waals surface area contributed by atoms with Gasteiger partial charge in [-0.2, -0.15) is 0 Å². The molecule has 1 N–H and O–H groups in total. The van der Waals surface area contributed by atoms with Crippen LogP contribution in [0.1, 0.15) is 20.8 Å². The van der Waals surface area contributed by atoms with Crippen LogP contribution in [0.2, 0.25) is 0 Å². The number of halogens is 2. The average molecular weight is 301 g/mol. The second kappa shape index (κ2) is 4.58. The first-order chi connectivity index (χ1) is 7.89. The molecule has 1 aromatic carbocycles. The molecule has 0 bridgehead atoms. The van der Waals surface area contributed by atoms with Gasteiger partial charge in [0.25, 0.3) is 0 Å². The number of hydrogen-bond acceptors (Lipinski definition) is 2. The second-order valence-electron chi connectivity index (χ2n) is 5.34. The Balaban J connectivity index is 2.34. The molecule has 0 aromatic heterocycles. The van der Waals surface area contributed by atoms with Crippen molar-refractivity contribution in [2.24, 2.45) is 0 Å². The Morgan fingerprint density at radius 3 is 2.88 bits per heavy atom. The van der Waals surface area contributed by atoms with E-state index >= 15 is 0 Å². The fourth-order valence-electron chi connectivity index (χ4n) is 2.20. The highest BCUT2D eigenvalue weighted by molar-refractivity contribution is 9.10. The van der Waals surface area contributed by atoms with Gasteiger partial charge in [-0.25, -0.2) is 4.39 Å². The third-order valence-electron chi connectivity index (χ3n) is 3.19. The number of anilines is 1. The van der Waals surface area contributed by atoms with Crippen molar-refractivity contribution in [1.29, 1.82) is 0 Å². The van der Waals surface area contributed by atoms with Crippen LogP contribution in [0.5, 0.6) is 0 Å². The minimum absolute atomic E-state index is 0.0151. The molecule has 1 aliphatic heterocycles. The lowest BCUT2D eigenvalue weighted by atomic mass is 9.98. The quantitative estimate of drug-likeness (QED) is 0.857. The number of nitrogens with zero attached hydrogens (tertiary/aromatic N) is 1. The summed E-state index contributed by atoms with van der Waals surface area (Å²) in [6.45, 7) is 8.08. The zero-order valence-electron chi connectivity index (χ0n) is 10.4. The summed E-state index contributed by atoms with van der Waals surface area (Å²) >= 11 is 3.40. The molecule has 0 saturated carbocycles. The number of hydrogen-bond donors (Lipinski definition) is 1. The number of rotatable bonds is 1. The van der Waals surface area contributed by atoms with Crippen LogP contribution in [-0.2, 0) is 0 Å². The maximum atomic E-state index is 13.9. The first-order valence-electron chi connectivity index (χ1n) is 5.86. The molecule has 0 radical (unpaired) electrons. The van der Waals surface area contributed by atoms with Gasteiger partial charge in [-0.05, 0) is 39.0 Å². The van der Waals surface area contributed by atoms with Crippen LogP contribution < -0.4 is 10.2 Å². The molecule has 0 aliphatic carbocycles. The van der Waals surface area contributed by atoms with Crippen molar-refractivity contribution in [2.75, 3.05) is 18.0 Å². The molecule has 1 heterocycles. The number of piperazine rings is 1. The molecule has 0 amide bonds. The minimum atomic E-state index is -0.155. The summed E-state index contributed by atoms with van der Waals surface area (Å²) in [5.41, 5.74) is 0.697. The first kappa shape index (κ1) is 12.8. The van der Waals surface area contributed by atoms with Crippen LogP contribution in [-0.4, -0.2) is 24.7 Å². The molecule has 1 unspecified atom stereocenters. The van der Waals surface area contributed by atoms with E-state index in [1.807, 2.05) is 6.07 Å². The lowest BCUT2D eigenvalue weighted by Gasteiger charge is -2.44. The van der Waals surface area contributed by atoms with Crippen LogP contribution in [0.3, 0.4) is 0 Å². The van der Waals surface area contributed by atoms with Gasteiger partial charge in [0, 0.05) is 29.1 Å². The molecule has 17 heavy (non-hydrogen) atoms. The van der Waals surface area contributed by atoms with Crippen LogP contribution in [0.15, 0.2) is 22.7 Å². The highest BCUT2D eigenvalue weighted by Crippen LogP contribution is 2.28. The van der Waals surface area contributed by atoms with Crippen LogP contribution in [0.4, 0.5) is 10.1 Å². The van der Waals surface area contributed by atoms with Gasteiger partial charge in [0.1, 0.15) is 5.82 Å². The van der Waals surface area contributed by atoms with E-state index in [0.717, 1.165) is 17.6 Å². The summed E-state index contributed by atoms with van der Waals surface area (Å²) in [5.74, 6) is -0.155. The predicted molar refractivity (Wildman–Crippen MR) is 73.0 cm³/mol. The monoisotopic (exact) mass is 300 g/mol. The zero-order valence-corrected chi connectivity index (χ0v) is 12.0. The molecule has 94 valence electrons. The van der Waals surface area contributed by atoms with Crippen molar-refractivity contribution < 1.29 is 4.39 Å². The highest BCUT2D eigenvalue weighted by Gasteiger charge is 2.31. The molecule has 1 atom stereocenters. The van der Waals surface area contributed by atoms with Gasteiger partial charge in [0.2, 0.25) is 0 Å². The Bertz CT molecular complexity index is 420. The largest absolute Gasteiger partial charge is 0.363 e. The number of benzene rings is 1. The third-order valence-corrected chi connectivity index (χ3v) is 3.68. The van der Waals surface area contributed by atoms with Gasteiger partial charge in [0.05, 0.1) is 5.69 Å². The molecule has 4 heteroatoms. The van der Waals surface area contributed by atoms with Gasteiger partial charge in [-0.15, -0.1) is 0 Å². The van der Waals surface area contributed by atoms with Crippen LogP contribution in [0.25, 0.3) is 0 Å². The van der Waals surface area contributed by atoms with Gasteiger partial charge in [-0.1, -0.05) is 15.9 Å². The fraction of sp³-hybridized carbons (Fsp3) is 0.538. The highest BCUT2D eigenvalue weighted by atomic mass is 79.9. The summed E-state index contributed by atoms with van der Waals surface area (Å²) in [7, 11) is 0. The van der Waals surface area contributed by atoms with Crippen molar-refractivity contribution in [3.63, 3.8) is 0 Å². The molecule has 1 aromatic rings. The van der Waals surface area contributed by atoms with Crippen molar-refractivity contribution in [2.45, 2.75) is 32.4 Å². The van der Waals surface area contributed by atoms with E-state index < -0.39 is 0 Å². The SMILES string of the molecule is CC1CNC(C)(C)CN1c1cc(Br)ccc1F. The van der Waals surface area contributed by atoms with E-state index in [-0.39, 0.29) is 11.4 Å². The molecule has 2 nitrogen and oxygen atoms in total. The predicted octanol–water partition coefficient (Wildman–Crippen LogP) is 3.16. The lowest BCUT2D eigenvalue weighted by Crippen LogP contribution is -2.61. The Morgan fingerprint density at radius 2 is 2.18 bits per heavy atom. The van der Waals surface area contributed by atoms with E-state index in [0.29, 0.717) is 11.7 Å². The number of nitrogens with one attached hydrogen (secondary N) is 1. The average Bonchev–Trinajstić information content (AvgIpc) is 2.25. The normalized spacial score (nSPS) is 23.8. The van der Waals surface area contributed by atoms with Crippen LogP contribution in [0, 0.1) is 5.82 Å². The standard InChI is InChI=1S/C13H18BrFN2/c1-9-7-16-13(2,3)8-17(9)12-6-10(14)4-5-11(12)15/h4-6,9,16H,7-8H2,1-3H3. The maximum absolute atomic E-state index is 13.9. The van der Waals surface area contributed by atoms with Crippen molar-refractivity contribution in [1.82, 2.24) is 5.32 Å². The summed E-state index contributed by atoms with van der Waals surface area (Å²) in [6, 6.07) is 5.40. The van der Waals surface area contributed by atoms with E-state index in [1.54, 1.807) is 6.07 Å². The lowest BCUT2D eigenvalue weighted by molar-refractivity contribution is 0.316. The Morgan fingerprint density at radius 1 is 1.47 bits per heavy atom. The van der Waals surface area contributed by atoms with Gasteiger partial charge in [0.15, 0.2) is 0 Å². The molecule has 2 rings (SSSR count). The van der Waals surface area contributed by atoms with E-state index in [4.69, 9.17) is 0 Å². The summed E-state index contributed by atoms with van der Waals surface area (Å²) in [6.07, 6.45) is 0. The van der Waals surface area contributed by atoms with Crippen molar-refractivity contribution in [3.05, 3.63) is 28.5 Å². The van der Waals surface area contributed by atoms with Crippen LogP contribution >= 0.6 is 15.9 Å². The minimum Gasteiger partial charge on any atom is -0.363 e. The van der Waals surface area contributed by atoms with Crippen molar-refractivity contribution >= 4 is 21.6 Å². The Hall–Kier alpha value is -0.610. The summed E-state index contributed by atoms with van der Waals surface area (Å²) < 4.78 is 14.8. The molecule has 1 fully saturated rings. The fourth-order valence-corrected chi connectivity index (χ4v) is 2.55. The first-order valence-corrected chi connectivity index (χ1v) is 6.65. The molecule has 1 aliphatic rings. The molecule has 1 saturated heterocycles. The second-order valence-corrected chi connectivity index (χ2v) is 6.25. The Labute approximate surface area is 110 Å². The van der Waals surface area contributed by atoms with Gasteiger partial charge in [-0.3, -0.25) is 0 Å². The van der Waals surface area contributed by atoms with E-state index in [2.05, 4.69) is 46.9 Å². The molecular formula is C13H18BrFN2. The smallest absolute Gasteiger partial charge is 0.146 e.